The second kappa shape index (κ2) is 14.5. The maximum Gasteiger partial charge on any atom is 0.160 e. The normalized spacial score (nSPS) is 14.0. The number of aromatic nitrogens is 1. The molecule has 8 nitrogen and oxygen atoms in total. The summed E-state index contributed by atoms with van der Waals surface area (Å²) < 4.78 is 10.6. The number of ketones is 1. The molecule has 0 saturated carbocycles. The van der Waals surface area contributed by atoms with Gasteiger partial charge in [-0.1, -0.05) is 54.6 Å². The van der Waals surface area contributed by atoms with Crippen LogP contribution in [0, 0.1) is 11.3 Å². The molecule has 1 aromatic heterocycles. The lowest BCUT2D eigenvalue weighted by molar-refractivity contribution is -0.134. The van der Waals surface area contributed by atoms with E-state index in [0.29, 0.717) is 24.2 Å². The van der Waals surface area contributed by atoms with Gasteiger partial charge in [0, 0.05) is 18.8 Å². The lowest BCUT2D eigenvalue weighted by Gasteiger charge is -2.33. The summed E-state index contributed by atoms with van der Waals surface area (Å²) in [6.45, 7) is -0.438. The molecule has 240 valence electrons. The van der Waals surface area contributed by atoms with E-state index >= 15 is 0 Å². The highest BCUT2D eigenvalue weighted by atomic mass is 16.5. The number of methoxy groups -OCH3 is 2. The van der Waals surface area contributed by atoms with Crippen LogP contribution in [-0.4, -0.2) is 58.1 Å². The zero-order valence-electron chi connectivity index (χ0n) is 26.1. The van der Waals surface area contributed by atoms with Gasteiger partial charge in [-0.25, -0.2) is 0 Å². The van der Waals surface area contributed by atoms with Crippen LogP contribution in [0.15, 0.2) is 97.3 Å². The number of carbonyl (C=O) groups excluding carboxylic acids is 1. The number of phenolic OH excluding ortho intramolecular Hbond substituents is 2. The van der Waals surface area contributed by atoms with Crippen molar-refractivity contribution in [3.8, 4) is 23.0 Å². The molecule has 0 spiro atoms. The molecule has 0 fully saturated rings. The molecule has 0 amide bonds. The van der Waals surface area contributed by atoms with Crippen molar-refractivity contribution < 1.29 is 34.7 Å². The van der Waals surface area contributed by atoms with Crippen LogP contribution in [0.1, 0.15) is 28.7 Å². The predicted molar refractivity (Wildman–Crippen MR) is 178 cm³/mol. The Labute approximate surface area is 268 Å². The zero-order chi connectivity index (χ0) is 32.7. The number of nitrogens with one attached hydrogen (secondary N) is 1. The van der Waals surface area contributed by atoms with Crippen LogP contribution in [0.25, 0.3) is 10.8 Å². The molecule has 5 aromatic rings. The number of benzene rings is 4. The summed E-state index contributed by atoms with van der Waals surface area (Å²) in [6, 6.07) is 25.9. The van der Waals surface area contributed by atoms with E-state index < -0.39 is 18.1 Å². The summed E-state index contributed by atoms with van der Waals surface area (Å²) in [5.74, 6) is 0.0119. The van der Waals surface area contributed by atoms with E-state index in [1.807, 2.05) is 60.9 Å². The average molecular weight is 624 g/mol. The number of phenols is 2. The molecule has 0 unspecified atom stereocenters. The van der Waals surface area contributed by atoms with Crippen molar-refractivity contribution in [1.82, 2.24) is 4.98 Å². The molecule has 8 heteroatoms. The first-order chi connectivity index (χ1) is 22.2. The number of aromatic amines is 1. The van der Waals surface area contributed by atoms with Gasteiger partial charge in [-0.3, -0.25) is 4.79 Å². The van der Waals surface area contributed by atoms with Gasteiger partial charge in [-0.05, 0) is 95.0 Å². The summed E-state index contributed by atoms with van der Waals surface area (Å²) in [6.07, 6.45) is 3.85. The molecule has 1 heterocycles. The molecule has 4 aromatic carbocycles. The van der Waals surface area contributed by atoms with Crippen molar-refractivity contribution in [2.24, 2.45) is 11.3 Å². The number of carbonyl (C=O) groups is 1. The zero-order valence-corrected chi connectivity index (χ0v) is 26.1. The Morgan fingerprint density at radius 1 is 0.761 bits per heavy atom. The van der Waals surface area contributed by atoms with Crippen LogP contribution in [0.2, 0.25) is 0 Å². The van der Waals surface area contributed by atoms with E-state index in [1.165, 1.54) is 20.3 Å². The number of Topliss-reactive ketones (excluding diaryl/α,β-unsaturated/α-hetero) is 1. The Bertz CT molecular complexity index is 1770. The molecular formula is C38H41NO7. The minimum absolute atomic E-state index is 0.0180. The highest BCUT2D eigenvalue weighted by Crippen LogP contribution is 2.36. The summed E-state index contributed by atoms with van der Waals surface area (Å²) in [7, 11) is 2.94. The fourth-order valence-corrected chi connectivity index (χ4v) is 6.28. The van der Waals surface area contributed by atoms with Crippen molar-refractivity contribution in [2.45, 2.75) is 38.2 Å². The summed E-state index contributed by atoms with van der Waals surface area (Å²) in [5.41, 5.74) is 2.19. The van der Waals surface area contributed by atoms with Gasteiger partial charge in [0.05, 0.1) is 32.3 Å². The van der Waals surface area contributed by atoms with Crippen LogP contribution in [0.3, 0.4) is 0 Å². The number of aliphatic hydroxyl groups is 2. The van der Waals surface area contributed by atoms with E-state index in [4.69, 9.17) is 9.47 Å². The Balaban J connectivity index is 1.47. The van der Waals surface area contributed by atoms with Gasteiger partial charge in [0.15, 0.2) is 23.0 Å². The molecule has 5 N–H and O–H groups in total. The van der Waals surface area contributed by atoms with Crippen molar-refractivity contribution in [3.05, 3.63) is 120 Å². The molecule has 0 saturated heterocycles. The number of aromatic hydroxyl groups is 2. The average Bonchev–Trinajstić information content (AvgIpc) is 3.59. The molecular weight excluding hydrogens is 582 g/mol. The Hall–Kier alpha value is -4.79. The van der Waals surface area contributed by atoms with Crippen molar-refractivity contribution in [2.75, 3.05) is 20.8 Å². The quantitative estimate of drug-likeness (QED) is 0.0999. The van der Waals surface area contributed by atoms with Crippen LogP contribution >= 0.6 is 0 Å². The van der Waals surface area contributed by atoms with E-state index in [1.54, 1.807) is 30.3 Å². The van der Waals surface area contributed by atoms with Crippen molar-refractivity contribution >= 4 is 16.6 Å². The highest BCUT2D eigenvalue weighted by Gasteiger charge is 2.40. The maximum atomic E-state index is 14.4. The number of rotatable bonds is 15. The van der Waals surface area contributed by atoms with Crippen molar-refractivity contribution in [3.63, 3.8) is 0 Å². The van der Waals surface area contributed by atoms with E-state index in [2.05, 4.69) is 4.98 Å². The van der Waals surface area contributed by atoms with Gasteiger partial charge in [0.2, 0.25) is 0 Å². The fourth-order valence-electron chi connectivity index (χ4n) is 6.28. The lowest BCUT2D eigenvalue weighted by atomic mass is 9.71. The molecule has 0 aliphatic rings. The number of H-pyrrole nitrogens is 1. The molecule has 0 aliphatic carbocycles. The minimum Gasteiger partial charge on any atom is -0.504 e. The third-order valence-corrected chi connectivity index (χ3v) is 8.88. The standard InChI is InChI=1S/C38H41NO7/c1-45-35-18-25(8-11-32(35)41)15-31(17-28-13-14-39-23-28)34(43)20-37(44)38(24-40,22-27-9-12-33(42)36(19-27)46-2)21-26-7-10-29-5-3-4-6-30(29)16-26/h3-14,16,18-19,23,31,34,39-43H,15,17,20-22,24H2,1-2H3/t31-,34-,38-/m1/s1. The lowest BCUT2D eigenvalue weighted by Crippen LogP contribution is -2.42. The van der Waals surface area contributed by atoms with Gasteiger partial charge in [-0.15, -0.1) is 0 Å². The fraction of sp³-hybridized carbons (Fsp3) is 0.289. The van der Waals surface area contributed by atoms with Gasteiger partial charge in [0.25, 0.3) is 0 Å². The van der Waals surface area contributed by atoms with Crippen LogP contribution < -0.4 is 9.47 Å². The number of hydrogen-bond acceptors (Lipinski definition) is 7. The Morgan fingerprint density at radius 2 is 1.35 bits per heavy atom. The smallest absolute Gasteiger partial charge is 0.160 e. The SMILES string of the molecule is COc1cc(C[C@H](Cc2cc[nH]c2)[C@H](O)CC(=O)[C@@](CO)(Cc2ccc(O)c(OC)c2)Cc2ccc3ccccc3c2)ccc1O. The molecule has 3 atom stereocenters. The topological polar surface area (TPSA) is 132 Å². The first-order valence-corrected chi connectivity index (χ1v) is 15.4. The third kappa shape index (κ3) is 7.53. The van der Waals surface area contributed by atoms with Crippen LogP contribution in [0.5, 0.6) is 23.0 Å². The van der Waals surface area contributed by atoms with E-state index in [9.17, 15) is 25.2 Å². The Kier molecular flexibility index (Phi) is 10.3. The largest absolute Gasteiger partial charge is 0.504 e. The molecule has 0 bridgehead atoms. The van der Waals surface area contributed by atoms with Gasteiger partial charge < -0.3 is 34.9 Å². The summed E-state index contributed by atoms with van der Waals surface area (Å²) in [5, 5.41) is 45.1. The van der Waals surface area contributed by atoms with E-state index in [-0.39, 0.29) is 48.2 Å². The first kappa shape index (κ1) is 32.6. The number of aliphatic hydroxyl groups excluding tert-OH is 2. The first-order valence-electron chi connectivity index (χ1n) is 15.4. The van der Waals surface area contributed by atoms with Crippen LogP contribution in [0.4, 0.5) is 0 Å². The third-order valence-electron chi connectivity index (χ3n) is 8.88. The second-order valence-electron chi connectivity index (χ2n) is 12.1. The van der Waals surface area contributed by atoms with Gasteiger partial charge >= 0.3 is 0 Å². The van der Waals surface area contributed by atoms with Gasteiger partial charge in [-0.2, -0.15) is 0 Å². The molecule has 0 radical (unpaired) electrons. The molecule has 46 heavy (non-hydrogen) atoms. The summed E-state index contributed by atoms with van der Waals surface area (Å²) in [4.78, 5) is 17.5. The highest BCUT2D eigenvalue weighted by molar-refractivity contribution is 5.87. The number of ether oxygens (including phenoxy) is 2. The van der Waals surface area contributed by atoms with E-state index in [0.717, 1.165) is 27.5 Å². The van der Waals surface area contributed by atoms with Crippen LogP contribution in [-0.2, 0) is 30.5 Å². The minimum atomic E-state index is -1.26. The maximum absolute atomic E-state index is 14.4. The molecule has 5 rings (SSSR count). The number of fused-ring (bicyclic) bond motifs is 1. The van der Waals surface area contributed by atoms with Crippen molar-refractivity contribution in [1.29, 1.82) is 0 Å². The monoisotopic (exact) mass is 623 g/mol. The molecule has 0 aliphatic heterocycles. The van der Waals surface area contributed by atoms with Gasteiger partial charge in [0.1, 0.15) is 5.78 Å². The Morgan fingerprint density at radius 3 is 1.98 bits per heavy atom. The summed E-state index contributed by atoms with van der Waals surface area (Å²) >= 11 is 0. The second-order valence-corrected chi connectivity index (χ2v) is 12.1. The predicted octanol–water partition coefficient (Wildman–Crippen LogP) is 5.78. The number of hydrogen-bond donors (Lipinski definition) is 5.